The van der Waals surface area contributed by atoms with Gasteiger partial charge in [-0.25, -0.2) is 0 Å². The minimum absolute atomic E-state index is 0.342. The van der Waals surface area contributed by atoms with Gasteiger partial charge in [0, 0.05) is 12.6 Å². The van der Waals surface area contributed by atoms with Crippen LogP contribution in [0.4, 0.5) is 0 Å². The Morgan fingerprint density at radius 3 is 2.54 bits per heavy atom. The highest BCUT2D eigenvalue weighted by Gasteiger charge is 2.31. The van der Waals surface area contributed by atoms with Crippen molar-refractivity contribution in [3.8, 4) is 0 Å². The van der Waals surface area contributed by atoms with E-state index in [9.17, 15) is 4.79 Å². The lowest BCUT2D eigenvalue weighted by molar-refractivity contribution is -0.139. The minimum atomic E-state index is -0.727. The number of nitrogens with one attached hydrogen (secondary N) is 1. The molecule has 0 saturated carbocycles. The summed E-state index contributed by atoms with van der Waals surface area (Å²) in [5.74, 6) is -0.727. The highest BCUT2D eigenvalue weighted by molar-refractivity contribution is 5.73. The lowest BCUT2D eigenvalue weighted by Crippen LogP contribution is -2.36. The molecule has 0 bridgehead atoms. The zero-order valence-electron chi connectivity index (χ0n) is 8.29. The van der Waals surface area contributed by atoms with Crippen molar-refractivity contribution in [1.82, 2.24) is 10.2 Å². The summed E-state index contributed by atoms with van der Waals surface area (Å²) < 4.78 is 0. The number of hydrogen-bond donors (Lipinski definition) is 2. The van der Waals surface area contributed by atoms with Gasteiger partial charge in [-0.3, -0.25) is 9.69 Å². The van der Waals surface area contributed by atoms with Gasteiger partial charge in [-0.15, -0.1) is 0 Å². The maximum atomic E-state index is 10.7. The highest BCUT2D eigenvalue weighted by atomic mass is 16.4. The third kappa shape index (κ3) is 2.42. The third-order valence-electron chi connectivity index (χ3n) is 2.73. The summed E-state index contributed by atoms with van der Waals surface area (Å²) in [5, 5.41) is 11.8. The van der Waals surface area contributed by atoms with Gasteiger partial charge >= 0.3 is 5.97 Å². The first-order chi connectivity index (χ1) is 6.19. The van der Waals surface area contributed by atoms with Crippen molar-refractivity contribution in [3.63, 3.8) is 0 Å². The quantitative estimate of drug-likeness (QED) is 0.656. The Hall–Kier alpha value is -0.610. The van der Waals surface area contributed by atoms with Gasteiger partial charge in [0.15, 0.2) is 0 Å². The van der Waals surface area contributed by atoms with Gasteiger partial charge in [-0.05, 0) is 19.5 Å². The number of carboxylic acids is 1. The summed E-state index contributed by atoms with van der Waals surface area (Å²) in [6, 6.07) is 0.0571. The molecule has 1 aliphatic heterocycles. The fourth-order valence-electron chi connectivity index (χ4n) is 1.92. The van der Waals surface area contributed by atoms with Crippen LogP contribution in [0.2, 0.25) is 0 Å². The monoisotopic (exact) mass is 186 g/mol. The standard InChI is InChI=1S/C9H18N2O2/c1-3-11(4-2)7-5-8(9(12)13)10-6-7/h7-8,10H,3-6H2,1-2H3,(H,12,13)/t7-,8+/m1/s1. The van der Waals surface area contributed by atoms with Gasteiger partial charge in [0.1, 0.15) is 6.04 Å². The molecule has 1 fully saturated rings. The molecule has 1 rings (SSSR count). The molecule has 0 aromatic rings. The minimum Gasteiger partial charge on any atom is -0.480 e. The van der Waals surface area contributed by atoms with Crippen molar-refractivity contribution in [3.05, 3.63) is 0 Å². The number of rotatable bonds is 4. The fourth-order valence-corrected chi connectivity index (χ4v) is 1.92. The summed E-state index contributed by atoms with van der Waals surface area (Å²) in [6.07, 6.45) is 0.733. The summed E-state index contributed by atoms with van der Waals surface area (Å²) in [4.78, 5) is 13.0. The summed E-state index contributed by atoms with van der Waals surface area (Å²) >= 11 is 0. The van der Waals surface area contributed by atoms with E-state index in [2.05, 4.69) is 24.1 Å². The molecule has 13 heavy (non-hydrogen) atoms. The molecule has 1 heterocycles. The number of aliphatic carboxylic acids is 1. The average molecular weight is 186 g/mol. The van der Waals surface area contributed by atoms with Crippen LogP contribution in [0.15, 0.2) is 0 Å². The molecule has 0 radical (unpaired) electrons. The van der Waals surface area contributed by atoms with Crippen LogP contribution in [-0.2, 0) is 4.79 Å². The molecule has 0 aromatic heterocycles. The van der Waals surface area contributed by atoms with Crippen molar-refractivity contribution in [2.24, 2.45) is 0 Å². The summed E-state index contributed by atoms with van der Waals surface area (Å²) in [7, 11) is 0. The second kappa shape index (κ2) is 4.58. The molecule has 0 aliphatic carbocycles. The van der Waals surface area contributed by atoms with Crippen LogP contribution in [0.1, 0.15) is 20.3 Å². The smallest absolute Gasteiger partial charge is 0.320 e. The molecule has 0 amide bonds. The topological polar surface area (TPSA) is 52.6 Å². The van der Waals surface area contributed by atoms with Crippen LogP contribution in [0.25, 0.3) is 0 Å². The maximum absolute atomic E-state index is 10.7. The van der Waals surface area contributed by atoms with Gasteiger partial charge in [0.05, 0.1) is 0 Å². The molecule has 1 saturated heterocycles. The van der Waals surface area contributed by atoms with Crippen molar-refractivity contribution in [1.29, 1.82) is 0 Å². The van der Waals surface area contributed by atoms with E-state index in [4.69, 9.17) is 5.11 Å². The zero-order chi connectivity index (χ0) is 9.84. The lowest BCUT2D eigenvalue weighted by atomic mass is 10.1. The number of nitrogens with zero attached hydrogens (tertiary/aromatic N) is 1. The predicted octanol–water partition coefficient (Wildman–Crippen LogP) is 0.143. The van der Waals surface area contributed by atoms with E-state index >= 15 is 0 Å². The first-order valence-electron chi connectivity index (χ1n) is 4.89. The molecular formula is C9H18N2O2. The Morgan fingerprint density at radius 1 is 1.54 bits per heavy atom. The SMILES string of the molecule is CCN(CC)[C@H]1CN[C@H](C(=O)O)C1. The van der Waals surface area contributed by atoms with Gasteiger partial charge in [-0.2, -0.15) is 0 Å². The highest BCUT2D eigenvalue weighted by Crippen LogP contribution is 2.13. The van der Waals surface area contributed by atoms with Crippen LogP contribution in [-0.4, -0.2) is 47.7 Å². The largest absolute Gasteiger partial charge is 0.480 e. The van der Waals surface area contributed by atoms with E-state index in [1.807, 2.05) is 0 Å². The van der Waals surface area contributed by atoms with Gasteiger partial charge in [0.25, 0.3) is 0 Å². The second-order valence-electron chi connectivity index (χ2n) is 3.41. The zero-order valence-corrected chi connectivity index (χ0v) is 8.29. The number of carboxylic acid groups (broad SMARTS) is 1. The van der Waals surface area contributed by atoms with E-state index in [1.165, 1.54) is 0 Å². The van der Waals surface area contributed by atoms with Crippen molar-refractivity contribution < 1.29 is 9.90 Å². The molecule has 0 spiro atoms. The Bertz CT molecular complexity index is 180. The van der Waals surface area contributed by atoms with Crippen molar-refractivity contribution in [2.45, 2.75) is 32.4 Å². The van der Waals surface area contributed by atoms with E-state index in [0.29, 0.717) is 6.04 Å². The lowest BCUT2D eigenvalue weighted by Gasteiger charge is -2.24. The molecule has 1 aliphatic rings. The first kappa shape index (κ1) is 10.5. The third-order valence-corrected chi connectivity index (χ3v) is 2.73. The normalized spacial score (nSPS) is 28.2. The first-order valence-corrected chi connectivity index (χ1v) is 4.89. The Kier molecular flexibility index (Phi) is 3.69. The van der Waals surface area contributed by atoms with Gasteiger partial charge < -0.3 is 10.4 Å². The molecule has 4 heteroatoms. The average Bonchev–Trinajstić information content (AvgIpc) is 2.56. The molecule has 4 nitrogen and oxygen atoms in total. The van der Waals surface area contributed by atoms with Gasteiger partial charge in [-0.1, -0.05) is 13.8 Å². The van der Waals surface area contributed by atoms with E-state index in [-0.39, 0.29) is 6.04 Å². The fraction of sp³-hybridized carbons (Fsp3) is 0.889. The van der Waals surface area contributed by atoms with Crippen molar-refractivity contribution >= 4 is 5.97 Å². The molecule has 2 atom stereocenters. The summed E-state index contributed by atoms with van der Waals surface area (Å²) in [6.45, 7) is 7.01. The predicted molar refractivity (Wildman–Crippen MR) is 50.8 cm³/mol. The molecule has 76 valence electrons. The maximum Gasteiger partial charge on any atom is 0.320 e. The number of likely N-dealkylation sites (N-methyl/N-ethyl adjacent to an activating group) is 1. The Balaban J connectivity index is 2.43. The molecule has 0 unspecified atom stereocenters. The van der Waals surface area contributed by atoms with Crippen LogP contribution >= 0.6 is 0 Å². The number of carbonyl (C=O) groups is 1. The Morgan fingerprint density at radius 2 is 2.15 bits per heavy atom. The van der Waals surface area contributed by atoms with E-state index < -0.39 is 5.97 Å². The molecule has 0 aromatic carbocycles. The van der Waals surface area contributed by atoms with E-state index in [1.54, 1.807) is 0 Å². The second-order valence-corrected chi connectivity index (χ2v) is 3.41. The Labute approximate surface area is 78.9 Å². The number of hydrogen-bond acceptors (Lipinski definition) is 3. The van der Waals surface area contributed by atoms with Gasteiger partial charge in [0.2, 0.25) is 0 Å². The van der Waals surface area contributed by atoms with Crippen LogP contribution < -0.4 is 5.32 Å². The van der Waals surface area contributed by atoms with Crippen LogP contribution in [0.3, 0.4) is 0 Å². The van der Waals surface area contributed by atoms with E-state index in [0.717, 1.165) is 26.1 Å². The summed E-state index contributed by atoms with van der Waals surface area (Å²) in [5.41, 5.74) is 0. The van der Waals surface area contributed by atoms with Crippen molar-refractivity contribution in [2.75, 3.05) is 19.6 Å². The van der Waals surface area contributed by atoms with Crippen LogP contribution in [0.5, 0.6) is 0 Å². The van der Waals surface area contributed by atoms with Crippen LogP contribution in [0, 0.1) is 0 Å². The molecule has 2 N–H and O–H groups in total. The molecular weight excluding hydrogens is 168 g/mol.